The summed E-state index contributed by atoms with van der Waals surface area (Å²) in [6, 6.07) is 5.61. The molecular formula is C13H19N3O2. The van der Waals surface area contributed by atoms with E-state index in [1.165, 1.54) is 0 Å². The molecule has 1 amide bonds. The lowest BCUT2D eigenvalue weighted by molar-refractivity contribution is 0.0520. The van der Waals surface area contributed by atoms with Crippen LogP contribution in [0.1, 0.15) is 29.8 Å². The molecule has 0 saturated heterocycles. The molecule has 1 aliphatic carbocycles. The first-order chi connectivity index (χ1) is 8.76. The Bertz CT molecular complexity index is 418. The standard InChI is InChI=1S/C13H19N3O2/c1-14-12-7-3-6-11(15-12)13(18)16(8-9-17)10-4-2-5-10/h3,6-7,10,17H,2,4-5,8-9H2,1H3,(H,14,15). The molecule has 1 heterocycles. The smallest absolute Gasteiger partial charge is 0.272 e. The summed E-state index contributed by atoms with van der Waals surface area (Å²) in [7, 11) is 1.77. The summed E-state index contributed by atoms with van der Waals surface area (Å²) in [5.41, 5.74) is 0.433. The Balaban J connectivity index is 2.15. The summed E-state index contributed by atoms with van der Waals surface area (Å²) in [5.74, 6) is 0.587. The van der Waals surface area contributed by atoms with Crippen molar-refractivity contribution in [2.45, 2.75) is 25.3 Å². The fraction of sp³-hybridized carbons (Fsp3) is 0.538. The third-order valence-electron chi connectivity index (χ3n) is 3.34. The van der Waals surface area contributed by atoms with Gasteiger partial charge < -0.3 is 15.3 Å². The molecule has 1 fully saturated rings. The first kappa shape index (κ1) is 12.8. The van der Waals surface area contributed by atoms with E-state index in [4.69, 9.17) is 5.11 Å². The number of anilines is 1. The number of aromatic nitrogens is 1. The zero-order valence-corrected chi connectivity index (χ0v) is 10.6. The molecule has 5 nitrogen and oxygen atoms in total. The van der Waals surface area contributed by atoms with Crippen molar-refractivity contribution in [3.63, 3.8) is 0 Å². The topological polar surface area (TPSA) is 65.5 Å². The molecule has 1 aromatic rings. The average Bonchev–Trinajstić information content (AvgIpc) is 2.35. The summed E-state index contributed by atoms with van der Waals surface area (Å²) in [4.78, 5) is 18.4. The van der Waals surface area contributed by atoms with Gasteiger partial charge in [-0.2, -0.15) is 0 Å². The lowest BCUT2D eigenvalue weighted by Crippen LogP contribution is -2.45. The number of aliphatic hydroxyl groups excluding tert-OH is 1. The van der Waals surface area contributed by atoms with Crippen LogP contribution < -0.4 is 5.32 Å². The van der Waals surface area contributed by atoms with E-state index in [2.05, 4.69) is 10.3 Å². The van der Waals surface area contributed by atoms with Gasteiger partial charge in [-0.25, -0.2) is 4.98 Å². The summed E-state index contributed by atoms with van der Waals surface area (Å²) in [6.07, 6.45) is 3.21. The molecule has 0 aromatic carbocycles. The molecule has 0 unspecified atom stereocenters. The molecule has 0 aliphatic heterocycles. The molecule has 0 atom stereocenters. The highest BCUT2D eigenvalue weighted by atomic mass is 16.3. The molecule has 98 valence electrons. The second-order valence-corrected chi connectivity index (χ2v) is 4.46. The highest BCUT2D eigenvalue weighted by Crippen LogP contribution is 2.25. The number of aliphatic hydroxyl groups is 1. The van der Waals surface area contributed by atoms with Gasteiger partial charge in [0, 0.05) is 19.6 Å². The molecule has 1 saturated carbocycles. The minimum Gasteiger partial charge on any atom is -0.395 e. The van der Waals surface area contributed by atoms with E-state index in [0.29, 0.717) is 18.1 Å². The largest absolute Gasteiger partial charge is 0.395 e. The van der Waals surface area contributed by atoms with Crippen molar-refractivity contribution < 1.29 is 9.90 Å². The summed E-state index contributed by atoms with van der Waals surface area (Å²) in [5, 5.41) is 12.0. The first-order valence-corrected chi connectivity index (χ1v) is 6.33. The van der Waals surface area contributed by atoms with Crippen LogP contribution in [0.5, 0.6) is 0 Å². The molecule has 0 bridgehead atoms. The molecule has 5 heteroatoms. The minimum absolute atomic E-state index is 0.00599. The van der Waals surface area contributed by atoms with Crippen molar-refractivity contribution >= 4 is 11.7 Å². The molecular weight excluding hydrogens is 230 g/mol. The van der Waals surface area contributed by atoms with E-state index in [1.54, 1.807) is 18.0 Å². The molecule has 18 heavy (non-hydrogen) atoms. The molecule has 1 aliphatic rings. The molecule has 0 radical (unpaired) electrons. The number of nitrogens with zero attached hydrogens (tertiary/aromatic N) is 2. The summed E-state index contributed by atoms with van der Waals surface area (Å²) < 4.78 is 0. The Morgan fingerprint density at radius 3 is 2.89 bits per heavy atom. The van der Waals surface area contributed by atoms with Crippen molar-refractivity contribution in [3.05, 3.63) is 23.9 Å². The highest BCUT2D eigenvalue weighted by Gasteiger charge is 2.29. The van der Waals surface area contributed by atoms with Gasteiger partial charge in [0.2, 0.25) is 0 Å². The van der Waals surface area contributed by atoms with E-state index in [0.717, 1.165) is 19.3 Å². The van der Waals surface area contributed by atoms with Crippen molar-refractivity contribution in [1.82, 2.24) is 9.88 Å². The lowest BCUT2D eigenvalue weighted by atomic mass is 9.91. The van der Waals surface area contributed by atoms with Crippen LogP contribution in [0.2, 0.25) is 0 Å². The van der Waals surface area contributed by atoms with Crippen molar-refractivity contribution in [2.24, 2.45) is 0 Å². The Hall–Kier alpha value is -1.62. The van der Waals surface area contributed by atoms with Gasteiger partial charge >= 0.3 is 0 Å². The van der Waals surface area contributed by atoms with E-state index in [9.17, 15) is 4.79 Å². The number of pyridine rings is 1. The number of hydrogen-bond donors (Lipinski definition) is 2. The third kappa shape index (κ3) is 2.61. The lowest BCUT2D eigenvalue weighted by Gasteiger charge is -2.37. The average molecular weight is 249 g/mol. The number of rotatable bonds is 5. The maximum atomic E-state index is 12.4. The summed E-state index contributed by atoms with van der Waals surface area (Å²) >= 11 is 0. The van der Waals surface area contributed by atoms with Crippen molar-refractivity contribution in [2.75, 3.05) is 25.5 Å². The Labute approximate surface area is 107 Å². The fourth-order valence-corrected chi connectivity index (χ4v) is 2.10. The van der Waals surface area contributed by atoms with Crippen LogP contribution >= 0.6 is 0 Å². The fourth-order valence-electron chi connectivity index (χ4n) is 2.10. The number of carbonyl (C=O) groups excluding carboxylic acids is 1. The molecule has 2 N–H and O–H groups in total. The second-order valence-electron chi connectivity index (χ2n) is 4.46. The zero-order valence-electron chi connectivity index (χ0n) is 10.6. The third-order valence-corrected chi connectivity index (χ3v) is 3.34. The van der Waals surface area contributed by atoms with E-state index < -0.39 is 0 Å². The number of hydrogen-bond acceptors (Lipinski definition) is 4. The van der Waals surface area contributed by atoms with Gasteiger partial charge in [-0.05, 0) is 31.4 Å². The van der Waals surface area contributed by atoms with E-state index >= 15 is 0 Å². The highest BCUT2D eigenvalue weighted by molar-refractivity contribution is 5.93. The summed E-state index contributed by atoms with van der Waals surface area (Å²) in [6.45, 7) is 0.378. The van der Waals surface area contributed by atoms with Crippen molar-refractivity contribution in [3.8, 4) is 0 Å². The maximum absolute atomic E-state index is 12.4. The Kier molecular flexibility index (Phi) is 4.15. The predicted octanol–water partition coefficient (Wildman–Crippen LogP) is 1.11. The van der Waals surface area contributed by atoms with Gasteiger partial charge in [0.25, 0.3) is 5.91 Å². The second kappa shape index (κ2) is 5.82. The normalized spacial score (nSPS) is 15.0. The van der Waals surface area contributed by atoms with Crippen LogP contribution in [0.25, 0.3) is 0 Å². The SMILES string of the molecule is CNc1cccc(C(=O)N(CCO)C2CCC2)n1. The number of carbonyl (C=O) groups is 1. The Morgan fingerprint density at radius 2 is 2.33 bits per heavy atom. The van der Waals surface area contributed by atoms with Crippen LogP contribution in [-0.2, 0) is 0 Å². The van der Waals surface area contributed by atoms with E-state index in [-0.39, 0.29) is 18.6 Å². The monoisotopic (exact) mass is 249 g/mol. The van der Waals surface area contributed by atoms with Crippen LogP contribution in [0.3, 0.4) is 0 Å². The number of amides is 1. The van der Waals surface area contributed by atoms with E-state index in [1.807, 2.05) is 12.1 Å². The van der Waals surface area contributed by atoms with Gasteiger partial charge in [0.05, 0.1) is 6.61 Å². The minimum atomic E-state index is -0.0918. The Morgan fingerprint density at radius 1 is 1.56 bits per heavy atom. The molecule has 0 spiro atoms. The van der Waals surface area contributed by atoms with Gasteiger partial charge in [0.15, 0.2) is 0 Å². The predicted molar refractivity (Wildman–Crippen MR) is 69.5 cm³/mol. The van der Waals surface area contributed by atoms with Gasteiger partial charge in [-0.15, -0.1) is 0 Å². The van der Waals surface area contributed by atoms with Crippen LogP contribution in [0.4, 0.5) is 5.82 Å². The molecule has 1 aromatic heterocycles. The molecule has 2 rings (SSSR count). The van der Waals surface area contributed by atoms with Crippen LogP contribution in [-0.4, -0.2) is 47.1 Å². The zero-order chi connectivity index (χ0) is 13.0. The van der Waals surface area contributed by atoms with Crippen molar-refractivity contribution in [1.29, 1.82) is 0 Å². The van der Waals surface area contributed by atoms with Gasteiger partial charge in [0.1, 0.15) is 11.5 Å². The first-order valence-electron chi connectivity index (χ1n) is 6.33. The quantitative estimate of drug-likeness (QED) is 0.820. The van der Waals surface area contributed by atoms with Crippen LogP contribution in [0, 0.1) is 0 Å². The maximum Gasteiger partial charge on any atom is 0.272 e. The van der Waals surface area contributed by atoms with Gasteiger partial charge in [-0.1, -0.05) is 6.07 Å². The van der Waals surface area contributed by atoms with Crippen LogP contribution in [0.15, 0.2) is 18.2 Å². The van der Waals surface area contributed by atoms with Gasteiger partial charge in [-0.3, -0.25) is 4.79 Å². The number of nitrogens with one attached hydrogen (secondary N) is 1.